The van der Waals surface area contributed by atoms with Crippen LogP contribution in [0.2, 0.25) is 0 Å². The molecule has 6 nitrogen and oxygen atoms in total. The van der Waals surface area contributed by atoms with Gasteiger partial charge >= 0.3 is 0 Å². The van der Waals surface area contributed by atoms with E-state index in [1.807, 2.05) is 18.2 Å². The Balaban J connectivity index is 2.00. The molecule has 0 heterocycles. The Hall–Kier alpha value is -3.12. The summed E-state index contributed by atoms with van der Waals surface area (Å²) in [6.07, 6.45) is 2.20. The third-order valence-electron chi connectivity index (χ3n) is 3.32. The van der Waals surface area contributed by atoms with Gasteiger partial charge in [0.2, 0.25) is 0 Å². The van der Waals surface area contributed by atoms with Crippen LogP contribution in [0, 0.1) is 0 Å². The van der Waals surface area contributed by atoms with Crippen LogP contribution in [0.1, 0.15) is 17.2 Å². The van der Waals surface area contributed by atoms with Crippen LogP contribution in [0.25, 0.3) is 0 Å². The highest BCUT2D eigenvalue weighted by atomic mass is 16.5. The minimum Gasteiger partial charge on any atom is -0.507 e. The Morgan fingerprint density at radius 3 is 2.72 bits per heavy atom. The van der Waals surface area contributed by atoms with E-state index < -0.39 is 12.0 Å². The number of hydrazone groups is 1. The molecule has 25 heavy (non-hydrogen) atoms. The molecule has 0 unspecified atom stereocenters. The van der Waals surface area contributed by atoms with E-state index >= 15 is 0 Å². The highest BCUT2D eigenvalue weighted by molar-refractivity contribution is 5.87. The molecule has 1 atom stereocenters. The smallest absolute Gasteiger partial charge is 0.273 e. The van der Waals surface area contributed by atoms with Crippen LogP contribution in [0.5, 0.6) is 11.5 Å². The van der Waals surface area contributed by atoms with Crippen molar-refractivity contribution in [1.29, 1.82) is 0 Å². The van der Waals surface area contributed by atoms with E-state index in [1.165, 1.54) is 19.4 Å². The Bertz CT molecular complexity index is 744. The summed E-state index contributed by atoms with van der Waals surface area (Å²) in [6, 6.07) is 13.9. The predicted octanol–water partition coefficient (Wildman–Crippen LogP) is 2.79. The van der Waals surface area contributed by atoms with Crippen molar-refractivity contribution in [2.45, 2.75) is 6.10 Å². The maximum Gasteiger partial charge on any atom is 0.273 e. The Morgan fingerprint density at radius 1 is 1.32 bits per heavy atom. The minimum atomic E-state index is -0.762. The fourth-order valence-corrected chi connectivity index (χ4v) is 2.12. The number of carbonyl (C=O) groups excluding carboxylic acids is 1. The van der Waals surface area contributed by atoms with Gasteiger partial charge in [-0.25, -0.2) is 5.43 Å². The number of carbonyl (C=O) groups is 1. The van der Waals surface area contributed by atoms with E-state index in [9.17, 15) is 9.90 Å². The van der Waals surface area contributed by atoms with Gasteiger partial charge in [-0.3, -0.25) is 4.79 Å². The van der Waals surface area contributed by atoms with Crippen molar-refractivity contribution in [1.82, 2.24) is 5.43 Å². The van der Waals surface area contributed by atoms with E-state index in [0.717, 1.165) is 5.56 Å². The number of benzene rings is 2. The van der Waals surface area contributed by atoms with Crippen LogP contribution in [-0.4, -0.2) is 30.9 Å². The summed E-state index contributed by atoms with van der Waals surface area (Å²) in [5, 5.41) is 13.8. The Labute approximate surface area is 146 Å². The first-order valence-corrected chi connectivity index (χ1v) is 7.63. The summed E-state index contributed by atoms with van der Waals surface area (Å²) in [5.41, 5.74) is 3.58. The van der Waals surface area contributed by atoms with Crippen molar-refractivity contribution in [3.63, 3.8) is 0 Å². The van der Waals surface area contributed by atoms with Gasteiger partial charge in [-0.2, -0.15) is 5.10 Å². The summed E-state index contributed by atoms with van der Waals surface area (Å²) in [5.74, 6) is 0.100. The monoisotopic (exact) mass is 340 g/mol. The number of nitrogens with one attached hydrogen (secondary N) is 1. The van der Waals surface area contributed by atoms with Gasteiger partial charge in [0.15, 0.2) is 6.10 Å². The number of methoxy groups -OCH3 is 1. The van der Waals surface area contributed by atoms with Gasteiger partial charge in [0.05, 0.1) is 6.21 Å². The largest absolute Gasteiger partial charge is 0.507 e. The molecule has 1 amide bonds. The number of ether oxygens (including phenoxy) is 2. The normalized spacial score (nSPS) is 11.9. The van der Waals surface area contributed by atoms with E-state index in [2.05, 4.69) is 17.1 Å². The zero-order valence-corrected chi connectivity index (χ0v) is 13.9. The molecule has 6 heteroatoms. The lowest BCUT2D eigenvalue weighted by atomic mass is 10.1. The van der Waals surface area contributed by atoms with Crippen molar-refractivity contribution < 1.29 is 19.4 Å². The molecule has 130 valence electrons. The standard InChI is InChI=1S/C19H20N2O4/c1-3-11-25-16-10-9-15(17(22)12-16)13-20-21-19(23)18(24-2)14-7-5-4-6-8-14/h3-10,12-13,18,22H,1,11H2,2H3,(H,21,23)/b20-13+/t18-/m1/s1. The fourth-order valence-electron chi connectivity index (χ4n) is 2.12. The summed E-state index contributed by atoms with van der Waals surface area (Å²) in [4.78, 5) is 12.2. The highest BCUT2D eigenvalue weighted by Crippen LogP contribution is 2.22. The van der Waals surface area contributed by atoms with Gasteiger partial charge in [-0.15, -0.1) is 0 Å². The summed E-state index contributed by atoms with van der Waals surface area (Å²) in [7, 11) is 1.45. The van der Waals surface area contributed by atoms with Gasteiger partial charge in [0, 0.05) is 18.7 Å². The summed E-state index contributed by atoms with van der Waals surface area (Å²) >= 11 is 0. The maximum absolute atomic E-state index is 12.2. The molecule has 0 fully saturated rings. The zero-order chi connectivity index (χ0) is 18.1. The third-order valence-corrected chi connectivity index (χ3v) is 3.32. The van der Waals surface area contributed by atoms with Crippen molar-refractivity contribution in [2.24, 2.45) is 5.10 Å². The number of phenols is 1. The molecule has 0 aromatic heterocycles. The van der Waals surface area contributed by atoms with Crippen LogP contribution in [-0.2, 0) is 9.53 Å². The van der Waals surface area contributed by atoms with Gasteiger partial charge in [0.1, 0.15) is 18.1 Å². The Kier molecular flexibility index (Phi) is 6.74. The van der Waals surface area contributed by atoms with E-state index in [-0.39, 0.29) is 5.75 Å². The molecule has 0 aliphatic rings. The first-order chi connectivity index (χ1) is 12.2. The fraction of sp³-hybridized carbons (Fsp3) is 0.158. The maximum atomic E-state index is 12.2. The van der Waals surface area contributed by atoms with Gasteiger partial charge in [-0.1, -0.05) is 43.0 Å². The molecule has 2 aromatic carbocycles. The van der Waals surface area contributed by atoms with Gasteiger partial charge in [-0.05, 0) is 17.7 Å². The number of nitrogens with zero attached hydrogens (tertiary/aromatic N) is 1. The van der Waals surface area contributed by atoms with Crippen LogP contribution in [0.3, 0.4) is 0 Å². The molecule has 0 saturated heterocycles. The molecule has 0 spiro atoms. The quantitative estimate of drug-likeness (QED) is 0.440. The first-order valence-electron chi connectivity index (χ1n) is 7.63. The second-order valence-corrected chi connectivity index (χ2v) is 5.08. The Morgan fingerprint density at radius 2 is 2.08 bits per heavy atom. The topological polar surface area (TPSA) is 80.2 Å². The highest BCUT2D eigenvalue weighted by Gasteiger charge is 2.19. The molecular formula is C19H20N2O4. The number of phenolic OH excluding ortho intramolecular Hbond substituents is 1. The van der Waals surface area contributed by atoms with Crippen LogP contribution in [0.4, 0.5) is 0 Å². The predicted molar refractivity (Wildman–Crippen MR) is 95.7 cm³/mol. The molecule has 0 saturated carbocycles. The number of rotatable bonds is 8. The van der Waals surface area contributed by atoms with Crippen molar-refractivity contribution in [3.8, 4) is 11.5 Å². The van der Waals surface area contributed by atoms with Crippen LogP contribution >= 0.6 is 0 Å². The van der Waals surface area contributed by atoms with Crippen molar-refractivity contribution in [2.75, 3.05) is 13.7 Å². The zero-order valence-electron chi connectivity index (χ0n) is 13.9. The molecule has 2 N–H and O–H groups in total. The molecular weight excluding hydrogens is 320 g/mol. The minimum absolute atomic E-state index is 0.00841. The second-order valence-electron chi connectivity index (χ2n) is 5.08. The van der Waals surface area contributed by atoms with Gasteiger partial charge < -0.3 is 14.6 Å². The molecule has 0 aliphatic carbocycles. The lowest BCUT2D eigenvalue weighted by Gasteiger charge is -2.13. The third kappa shape index (κ3) is 5.19. The number of hydrogen-bond donors (Lipinski definition) is 2. The lowest BCUT2D eigenvalue weighted by molar-refractivity contribution is -0.131. The van der Waals surface area contributed by atoms with Crippen LogP contribution < -0.4 is 10.2 Å². The van der Waals surface area contributed by atoms with E-state index in [0.29, 0.717) is 17.9 Å². The van der Waals surface area contributed by atoms with Gasteiger partial charge in [0.25, 0.3) is 5.91 Å². The molecule has 0 radical (unpaired) electrons. The first kappa shape index (κ1) is 18.2. The van der Waals surface area contributed by atoms with Crippen LogP contribution in [0.15, 0.2) is 66.3 Å². The van der Waals surface area contributed by atoms with Crippen molar-refractivity contribution >= 4 is 12.1 Å². The molecule has 0 bridgehead atoms. The summed E-state index contributed by atoms with van der Waals surface area (Å²) in [6.45, 7) is 3.90. The second kappa shape index (κ2) is 9.24. The molecule has 0 aliphatic heterocycles. The van der Waals surface area contributed by atoms with E-state index in [1.54, 1.807) is 30.3 Å². The lowest BCUT2D eigenvalue weighted by Crippen LogP contribution is -2.26. The average molecular weight is 340 g/mol. The average Bonchev–Trinajstić information content (AvgIpc) is 2.63. The number of hydrogen-bond acceptors (Lipinski definition) is 5. The SMILES string of the molecule is C=CCOc1ccc(/C=N/NC(=O)[C@H](OC)c2ccccc2)c(O)c1. The molecule has 2 rings (SSSR count). The number of amides is 1. The molecule has 2 aromatic rings. The van der Waals surface area contributed by atoms with Crippen molar-refractivity contribution in [3.05, 3.63) is 72.3 Å². The number of aromatic hydroxyl groups is 1. The van der Waals surface area contributed by atoms with E-state index in [4.69, 9.17) is 9.47 Å². The summed E-state index contributed by atoms with van der Waals surface area (Å²) < 4.78 is 10.5.